The zero-order valence-corrected chi connectivity index (χ0v) is 17.4. The summed E-state index contributed by atoms with van der Waals surface area (Å²) in [6.07, 6.45) is 3.33. The van der Waals surface area contributed by atoms with Crippen LogP contribution in [0.1, 0.15) is 25.0 Å². The van der Waals surface area contributed by atoms with E-state index in [1.165, 1.54) is 12.1 Å². The summed E-state index contributed by atoms with van der Waals surface area (Å²) in [6.45, 7) is 2.30. The monoisotopic (exact) mass is 432 g/mol. The van der Waals surface area contributed by atoms with Crippen molar-refractivity contribution in [1.82, 2.24) is 19.6 Å². The molecule has 0 aliphatic carbocycles. The molecule has 0 spiro atoms. The van der Waals surface area contributed by atoms with Gasteiger partial charge in [0.05, 0.1) is 11.9 Å². The zero-order chi connectivity index (χ0) is 22.2. The second kappa shape index (κ2) is 8.01. The molecular weight excluding hydrogens is 411 g/mol. The maximum Gasteiger partial charge on any atom is 0.232 e. The Kier molecular flexibility index (Phi) is 5.02. The van der Waals surface area contributed by atoms with E-state index < -0.39 is 0 Å². The van der Waals surface area contributed by atoms with Crippen molar-refractivity contribution in [2.45, 2.75) is 25.5 Å². The van der Waals surface area contributed by atoms with E-state index in [2.05, 4.69) is 15.1 Å². The highest BCUT2D eigenvalue weighted by atomic mass is 19.1. The van der Waals surface area contributed by atoms with Crippen molar-refractivity contribution < 1.29 is 13.9 Å². The summed E-state index contributed by atoms with van der Waals surface area (Å²) in [7, 11) is 0. The van der Waals surface area contributed by atoms with E-state index in [0.717, 1.165) is 11.3 Å². The molecule has 2 N–H and O–H groups in total. The van der Waals surface area contributed by atoms with Crippen LogP contribution >= 0.6 is 0 Å². The fourth-order valence-corrected chi connectivity index (χ4v) is 3.78. The minimum absolute atomic E-state index is 0.0246. The maximum absolute atomic E-state index is 13.5. The summed E-state index contributed by atoms with van der Waals surface area (Å²) in [5, 5.41) is 4.55. The highest BCUT2D eigenvalue weighted by molar-refractivity contribution is 5.95. The van der Waals surface area contributed by atoms with Crippen LogP contribution in [0.25, 0.3) is 16.9 Å². The quantitative estimate of drug-likeness (QED) is 0.520. The number of imidazole rings is 1. The third-order valence-corrected chi connectivity index (χ3v) is 5.43. The lowest BCUT2D eigenvalue weighted by molar-refractivity contribution is -0.117. The van der Waals surface area contributed by atoms with E-state index in [-0.39, 0.29) is 23.9 Å². The third kappa shape index (κ3) is 3.78. The summed E-state index contributed by atoms with van der Waals surface area (Å²) in [5.41, 5.74) is 8.76. The lowest BCUT2D eigenvalue weighted by Crippen LogP contribution is -2.28. The number of carbonyl (C=O) groups is 1. The number of hydrogen-bond donors (Lipinski definition) is 1. The van der Waals surface area contributed by atoms with Crippen molar-refractivity contribution in [2.24, 2.45) is 5.73 Å². The molecule has 0 bridgehead atoms. The molecule has 9 heteroatoms. The smallest absolute Gasteiger partial charge is 0.232 e. The van der Waals surface area contributed by atoms with Crippen LogP contribution in [0, 0.1) is 5.82 Å². The first kappa shape index (κ1) is 20.1. The van der Waals surface area contributed by atoms with E-state index in [0.29, 0.717) is 35.9 Å². The molecule has 0 saturated carbocycles. The van der Waals surface area contributed by atoms with Crippen LogP contribution in [0.15, 0.2) is 60.9 Å². The van der Waals surface area contributed by atoms with Crippen molar-refractivity contribution in [3.63, 3.8) is 0 Å². The first-order valence-corrected chi connectivity index (χ1v) is 10.3. The minimum Gasteiger partial charge on any atom is -0.469 e. The molecule has 1 aliphatic rings. The van der Waals surface area contributed by atoms with E-state index in [1.807, 2.05) is 13.0 Å². The molecule has 1 fully saturated rings. The van der Waals surface area contributed by atoms with Crippen molar-refractivity contribution in [3.8, 4) is 17.1 Å². The van der Waals surface area contributed by atoms with Gasteiger partial charge in [-0.1, -0.05) is 12.1 Å². The summed E-state index contributed by atoms with van der Waals surface area (Å²) in [5.74, 6) is 0.617. The summed E-state index contributed by atoms with van der Waals surface area (Å²) in [6, 6.07) is 13.3. The minimum atomic E-state index is -0.382. The van der Waals surface area contributed by atoms with E-state index in [1.54, 1.807) is 52.1 Å². The van der Waals surface area contributed by atoms with Crippen molar-refractivity contribution >= 4 is 17.4 Å². The van der Waals surface area contributed by atoms with Gasteiger partial charge in [-0.05, 0) is 42.8 Å². The second-order valence-corrected chi connectivity index (χ2v) is 7.77. The van der Waals surface area contributed by atoms with Gasteiger partial charge in [0.1, 0.15) is 17.7 Å². The summed E-state index contributed by atoms with van der Waals surface area (Å²) >= 11 is 0. The van der Waals surface area contributed by atoms with Gasteiger partial charge in [0.2, 0.25) is 11.8 Å². The molecule has 1 amide bonds. The number of carbonyl (C=O) groups excluding carboxylic acids is 1. The number of halogens is 1. The van der Waals surface area contributed by atoms with Crippen molar-refractivity contribution in [3.05, 3.63) is 72.3 Å². The van der Waals surface area contributed by atoms with Gasteiger partial charge in [0, 0.05) is 36.8 Å². The number of rotatable bonds is 5. The first-order chi connectivity index (χ1) is 15.5. The number of aromatic nitrogens is 4. The number of nitrogens with zero attached hydrogens (tertiary/aromatic N) is 5. The van der Waals surface area contributed by atoms with Crippen LogP contribution in [-0.4, -0.2) is 38.1 Å². The molecule has 4 heterocycles. The van der Waals surface area contributed by atoms with Gasteiger partial charge in [-0.15, -0.1) is 5.10 Å². The Morgan fingerprint density at radius 3 is 2.75 bits per heavy atom. The average Bonchev–Trinajstić information content (AvgIpc) is 3.36. The van der Waals surface area contributed by atoms with Gasteiger partial charge in [-0.2, -0.15) is 0 Å². The largest absolute Gasteiger partial charge is 0.469 e. The Morgan fingerprint density at radius 1 is 1.16 bits per heavy atom. The van der Waals surface area contributed by atoms with E-state index in [4.69, 9.17) is 10.5 Å². The number of pyridine rings is 1. The number of amides is 1. The van der Waals surface area contributed by atoms with Gasteiger partial charge in [0.15, 0.2) is 5.65 Å². The van der Waals surface area contributed by atoms with Gasteiger partial charge >= 0.3 is 0 Å². The van der Waals surface area contributed by atoms with Gasteiger partial charge in [-0.25, -0.2) is 18.9 Å². The number of anilines is 1. The Hall–Kier alpha value is -3.85. The lowest BCUT2D eigenvalue weighted by atomic mass is 10.1. The predicted octanol–water partition coefficient (Wildman–Crippen LogP) is 3.13. The molecule has 8 nitrogen and oxygen atoms in total. The molecule has 162 valence electrons. The molecule has 32 heavy (non-hydrogen) atoms. The normalized spacial score (nSPS) is 17.2. The zero-order valence-electron chi connectivity index (χ0n) is 17.4. The van der Waals surface area contributed by atoms with E-state index in [9.17, 15) is 9.18 Å². The first-order valence-electron chi connectivity index (χ1n) is 10.3. The number of benzene rings is 1. The molecule has 1 aromatic carbocycles. The van der Waals surface area contributed by atoms with Crippen molar-refractivity contribution in [2.75, 3.05) is 11.4 Å². The maximum atomic E-state index is 13.5. The lowest BCUT2D eigenvalue weighted by Gasteiger charge is -2.15. The second-order valence-electron chi connectivity index (χ2n) is 7.77. The molecule has 1 saturated heterocycles. The molecule has 3 aromatic heterocycles. The molecule has 4 aromatic rings. The molecule has 5 rings (SSSR count). The Balaban J connectivity index is 1.41. The van der Waals surface area contributed by atoms with Crippen LogP contribution in [0.4, 0.5) is 10.2 Å². The third-order valence-electron chi connectivity index (χ3n) is 5.43. The molecule has 0 unspecified atom stereocenters. The van der Waals surface area contributed by atoms with E-state index >= 15 is 0 Å². The van der Waals surface area contributed by atoms with Crippen LogP contribution in [0.5, 0.6) is 5.88 Å². The molecular formula is C23H21FN6O2. The highest BCUT2D eigenvalue weighted by Gasteiger charge is 2.28. The van der Waals surface area contributed by atoms with Crippen LogP contribution < -0.4 is 15.4 Å². The van der Waals surface area contributed by atoms with Crippen LogP contribution in [0.2, 0.25) is 0 Å². The van der Waals surface area contributed by atoms with Crippen LogP contribution in [0.3, 0.4) is 0 Å². The number of ether oxygens (including phenoxy) is 1. The fourth-order valence-electron chi connectivity index (χ4n) is 3.78. The Labute approximate surface area is 183 Å². The van der Waals surface area contributed by atoms with Gasteiger partial charge in [0.25, 0.3) is 0 Å². The molecule has 1 aliphatic heterocycles. The molecule has 0 radical (unpaired) electrons. The SMILES string of the molecule is C[C@@H](Oc1ccc2ncc(-c3ccc(N4C[C@@H](N)CC4=O)nc3)n2n1)c1cccc(F)c1. The van der Waals surface area contributed by atoms with Crippen molar-refractivity contribution in [1.29, 1.82) is 0 Å². The molecule has 2 atom stereocenters. The highest BCUT2D eigenvalue weighted by Crippen LogP contribution is 2.26. The summed E-state index contributed by atoms with van der Waals surface area (Å²) in [4.78, 5) is 22.5. The average molecular weight is 432 g/mol. The number of fused-ring (bicyclic) bond motifs is 1. The predicted molar refractivity (Wildman–Crippen MR) is 117 cm³/mol. The van der Waals surface area contributed by atoms with Gasteiger partial charge < -0.3 is 10.5 Å². The number of hydrogen-bond acceptors (Lipinski definition) is 6. The Bertz CT molecular complexity index is 1290. The Morgan fingerprint density at radius 2 is 2.03 bits per heavy atom. The van der Waals surface area contributed by atoms with Crippen LogP contribution in [-0.2, 0) is 4.79 Å². The van der Waals surface area contributed by atoms with Gasteiger partial charge in [-0.3, -0.25) is 9.69 Å². The fraction of sp³-hybridized carbons (Fsp3) is 0.217. The topological polar surface area (TPSA) is 98.6 Å². The standard InChI is InChI=1S/C23H21FN6O2/c1-14(15-3-2-4-17(24)9-15)32-22-8-7-21-27-12-19(30(21)28-22)16-5-6-20(26-11-16)29-13-18(25)10-23(29)31/h2-9,11-12,14,18H,10,13,25H2,1H3/t14-,18+/m1/s1. The number of nitrogens with two attached hydrogens (primary N) is 1. The summed E-state index contributed by atoms with van der Waals surface area (Å²) < 4.78 is 21.1.